The quantitative estimate of drug-likeness (QED) is 0.356. The van der Waals surface area contributed by atoms with Crippen LogP contribution >= 0.6 is 11.6 Å². The Balaban J connectivity index is 1.91. The number of benzene rings is 1. The normalized spacial score (nSPS) is 25.6. The van der Waals surface area contributed by atoms with E-state index in [1.54, 1.807) is 0 Å². The Morgan fingerprint density at radius 3 is 2.37 bits per heavy atom. The van der Waals surface area contributed by atoms with Gasteiger partial charge in [-0.15, -0.1) is 11.6 Å². The Labute approximate surface area is 169 Å². The molecule has 1 aliphatic rings. The number of hydrogen-bond acceptors (Lipinski definition) is 3. The molecule has 4 heteroatoms. The molecule has 0 aliphatic heterocycles. The van der Waals surface area contributed by atoms with Crippen molar-refractivity contribution >= 4 is 17.6 Å². The van der Waals surface area contributed by atoms with Gasteiger partial charge in [0.1, 0.15) is 0 Å². The van der Waals surface area contributed by atoms with Crippen molar-refractivity contribution in [1.29, 1.82) is 0 Å². The topological polar surface area (TPSA) is 46.5 Å². The van der Waals surface area contributed by atoms with Gasteiger partial charge in [0.05, 0.1) is 13.2 Å². The first-order valence-corrected chi connectivity index (χ1v) is 10.7. The minimum Gasteiger partial charge on any atom is -0.469 e. The van der Waals surface area contributed by atoms with E-state index in [0.29, 0.717) is 18.8 Å². The smallest absolute Gasteiger partial charge is 0.305 e. The number of ether oxygens (including phenoxy) is 1. The summed E-state index contributed by atoms with van der Waals surface area (Å²) in [6.07, 6.45) is 5.90. The predicted octanol–water partition coefficient (Wildman–Crippen LogP) is 5.57. The lowest BCUT2D eigenvalue weighted by molar-refractivity contribution is -0.140. The summed E-state index contributed by atoms with van der Waals surface area (Å²) in [7, 11) is 1.43. The standard InChI is InChI=1S/C23H35ClO3/c1-23(2,3)17-13-11-16(12-14-17)22-18(19(24)15-20(22)25)9-7-5-6-8-10-21(26)27-4/h11-14,18-20,22,25H,5-10,15H2,1-4H3. The lowest BCUT2D eigenvalue weighted by Gasteiger charge is -2.25. The summed E-state index contributed by atoms with van der Waals surface area (Å²) in [4.78, 5) is 11.2. The monoisotopic (exact) mass is 394 g/mol. The summed E-state index contributed by atoms with van der Waals surface area (Å²) in [6.45, 7) is 6.64. The third kappa shape index (κ3) is 6.22. The maximum atomic E-state index is 11.2. The zero-order chi connectivity index (χ0) is 20.0. The molecule has 1 aromatic rings. The lowest BCUT2D eigenvalue weighted by atomic mass is 9.81. The molecule has 4 unspecified atom stereocenters. The first kappa shape index (κ1) is 22.2. The molecule has 0 bridgehead atoms. The maximum Gasteiger partial charge on any atom is 0.305 e. The van der Waals surface area contributed by atoms with Gasteiger partial charge in [0.25, 0.3) is 0 Å². The average Bonchev–Trinajstić information content (AvgIpc) is 2.90. The Kier molecular flexibility index (Phi) is 8.18. The summed E-state index contributed by atoms with van der Waals surface area (Å²) in [5.74, 6) is 0.299. The molecule has 3 nitrogen and oxygen atoms in total. The van der Waals surface area contributed by atoms with E-state index in [1.165, 1.54) is 18.2 Å². The van der Waals surface area contributed by atoms with Gasteiger partial charge in [-0.1, -0.05) is 64.3 Å². The van der Waals surface area contributed by atoms with E-state index < -0.39 is 0 Å². The Bertz CT molecular complexity index is 591. The molecule has 0 spiro atoms. The van der Waals surface area contributed by atoms with Gasteiger partial charge >= 0.3 is 5.97 Å². The molecule has 0 amide bonds. The molecular weight excluding hydrogens is 360 g/mol. The van der Waals surface area contributed by atoms with E-state index in [9.17, 15) is 9.90 Å². The number of hydrogen-bond donors (Lipinski definition) is 1. The van der Waals surface area contributed by atoms with Crippen LogP contribution in [0, 0.1) is 5.92 Å². The van der Waals surface area contributed by atoms with E-state index in [4.69, 9.17) is 11.6 Å². The SMILES string of the molecule is COC(=O)CCCCCCC1C(Cl)CC(O)C1c1ccc(C(C)(C)C)cc1. The summed E-state index contributed by atoms with van der Waals surface area (Å²) in [5.41, 5.74) is 2.64. The molecule has 1 aliphatic carbocycles. The van der Waals surface area contributed by atoms with Gasteiger partial charge in [-0.3, -0.25) is 4.79 Å². The van der Waals surface area contributed by atoms with E-state index in [0.717, 1.165) is 32.1 Å². The van der Waals surface area contributed by atoms with Crippen molar-refractivity contribution in [2.45, 2.75) is 88.5 Å². The summed E-state index contributed by atoms with van der Waals surface area (Å²) < 4.78 is 4.67. The molecule has 27 heavy (non-hydrogen) atoms. The number of methoxy groups -OCH3 is 1. The summed E-state index contributed by atoms with van der Waals surface area (Å²) in [5, 5.41) is 10.6. The maximum absolute atomic E-state index is 11.2. The first-order chi connectivity index (χ1) is 12.7. The van der Waals surface area contributed by atoms with E-state index in [1.807, 2.05) is 0 Å². The number of carbonyl (C=O) groups is 1. The van der Waals surface area contributed by atoms with E-state index in [2.05, 4.69) is 49.8 Å². The van der Waals surface area contributed by atoms with Crippen molar-refractivity contribution < 1.29 is 14.6 Å². The van der Waals surface area contributed by atoms with Crippen molar-refractivity contribution in [3.8, 4) is 0 Å². The van der Waals surface area contributed by atoms with Crippen LogP contribution in [0.25, 0.3) is 0 Å². The number of unbranched alkanes of at least 4 members (excludes halogenated alkanes) is 3. The van der Waals surface area contributed by atoms with Crippen molar-refractivity contribution in [2.24, 2.45) is 5.92 Å². The van der Waals surface area contributed by atoms with Crippen molar-refractivity contribution in [2.75, 3.05) is 7.11 Å². The van der Waals surface area contributed by atoms with E-state index >= 15 is 0 Å². The Morgan fingerprint density at radius 1 is 1.15 bits per heavy atom. The second-order valence-electron chi connectivity index (χ2n) is 8.91. The average molecular weight is 395 g/mol. The van der Waals surface area contributed by atoms with Gasteiger partial charge < -0.3 is 9.84 Å². The van der Waals surface area contributed by atoms with Crippen LogP contribution in [0.3, 0.4) is 0 Å². The van der Waals surface area contributed by atoms with Crippen molar-refractivity contribution in [3.63, 3.8) is 0 Å². The number of halogens is 1. The third-order valence-corrected chi connectivity index (χ3v) is 6.37. The van der Waals surface area contributed by atoms with Crippen LogP contribution in [0.2, 0.25) is 0 Å². The number of aliphatic hydroxyl groups is 1. The van der Waals surface area contributed by atoms with E-state index in [-0.39, 0.29) is 28.8 Å². The third-order valence-electron chi connectivity index (χ3n) is 5.86. The van der Waals surface area contributed by atoms with Crippen molar-refractivity contribution in [3.05, 3.63) is 35.4 Å². The van der Waals surface area contributed by atoms with Crippen LogP contribution in [-0.4, -0.2) is 29.7 Å². The minimum absolute atomic E-state index is 0.0300. The molecule has 0 aromatic heterocycles. The Hall–Kier alpha value is -1.06. The largest absolute Gasteiger partial charge is 0.469 e. The number of rotatable bonds is 8. The molecule has 4 atom stereocenters. The number of aliphatic hydroxyl groups excluding tert-OH is 1. The summed E-state index contributed by atoms with van der Waals surface area (Å²) >= 11 is 6.60. The highest BCUT2D eigenvalue weighted by Crippen LogP contribution is 2.45. The fourth-order valence-electron chi connectivity index (χ4n) is 4.20. The van der Waals surface area contributed by atoms with Gasteiger partial charge in [-0.05, 0) is 41.7 Å². The van der Waals surface area contributed by atoms with Crippen molar-refractivity contribution in [1.82, 2.24) is 0 Å². The molecule has 2 rings (SSSR count). The van der Waals surface area contributed by atoms with Crippen LogP contribution in [0.4, 0.5) is 0 Å². The first-order valence-electron chi connectivity index (χ1n) is 10.2. The van der Waals surface area contributed by atoms with Gasteiger partial charge in [0, 0.05) is 17.7 Å². The van der Waals surface area contributed by atoms with Crippen LogP contribution in [-0.2, 0) is 14.9 Å². The predicted molar refractivity (Wildman–Crippen MR) is 111 cm³/mol. The van der Waals surface area contributed by atoms with Gasteiger partial charge in [-0.25, -0.2) is 0 Å². The number of carbonyl (C=O) groups excluding carboxylic acids is 1. The van der Waals surface area contributed by atoms with Crippen LogP contribution in [0.1, 0.15) is 82.8 Å². The molecular formula is C23H35ClO3. The van der Waals surface area contributed by atoms with Crippen LogP contribution in [0.15, 0.2) is 24.3 Å². The van der Waals surface area contributed by atoms with Gasteiger partial charge in [-0.2, -0.15) is 0 Å². The lowest BCUT2D eigenvalue weighted by Crippen LogP contribution is -2.19. The van der Waals surface area contributed by atoms with Gasteiger partial charge in [0.15, 0.2) is 0 Å². The highest BCUT2D eigenvalue weighted by atomic mass is 35.5. The fourth-order valence-corrected chi connectivity index (χ4v) is 4.67. The van der Waals surface area contributed by atoms with Crippen LogP contribution in [0.5, 0.6) is 0 Å². The molecule has 1 saturated carbocycles. The molecule has 1 fully saturated rings. The molecule has 152 valence electrons. The van der Waals surface area contributed by atoms with Gasteiger partial charge in [0.2, 0.25) is 0 Å². The zero-order valence-electron chi connectivity index (χ0n) is 17.2. The molecule has 1 N–H and O–H groups in total. The second kappa shape index (κ2) is 9.93. The fraction of sp³-hybridized carbons (Fsp3) is 0.696. The number of esters is 1. The highest BCUT2D eigenvalue weighted by molar-refractivity contribution is 6.21. The minimum atomic E-state index is -0.364. The molecule has 0 saturated heterocycles. The summed E-state index contributed by atoms with van der Waals surface area (Å²) in [6, 6.07) is 8.72. The molecule has 0 radical (unpaired) electrons. The zero-order valence-corrected chi connectivity index (χ0v) is 18.0. The Morgan fingerprint density at radius 2 is 1.78 bits per heavy atom. The molecule has 1 aromatic carbocycles. The second-order valence-corrected chi connectivity index (χ2v) is 9.47. The number of alkyl halides is 1. The highest BCUT2D eigenvalue weighted by Gasteiger charge is 2.41. The molecule has 0 heterocycles. The van der Waals surface area contributed by atoms with Crippen LogP contribution < -0.4 is 0 Å².